The molecule has 1 rings (SSSR count). The Morgan fingerprint density at radius 1 is 1.47 bits per heavy atom. The van der Waals surface area contributed by atoms with Crippen LogP contribution in [0.3, 0.4) is 0 Å². The molecule has 1 amide bonds. The number of halogens is 1. The molecule has 1 aromatic rings. The molecule has 0 atom stereocenters. The lowest BCUT2D eigenvalue weighted by Gasteiger charge is -2.10. The molecule has 0 aromatic heterocycles. The molecule has 6 nitrogen and oxygen atoms in total. The number of ether oxygens (including phenoxy) is 1. The van der Waals surface area contributed by atoms with Gasteiger partial charge in [0.1, 0.15) is 12.4 Å². The number of carbonyl (C=O) groups excluding carboxylic acids is 1. The van der Waals surface area contributed by atoms with Crippen molar-refractivity contribution in [2.75, 3.05) is 18.5 Å². The minimum Gasteiger partial charge on any atom is -0.478 e. The normalized spacial score (nSPS) is 9.71. The standard InChI is InChI=1S/C10H11FN2O4/c11-7-3-1-2-6(9(14)15)8(7)13-4-5-17-10(12)16/h1-3,13H,4-5H2,(H2,12,16)(H,14,15). The number of aromatic carboxylic acids is 1. The number of carboxylic acids is 1. The van der Waals surface area contributed by atoms with E-state index in [9.17, 15) is 14.0 Å². The predicted molar refractivity (Wildman–Crippen MR) is 57.4 cm³/mol. The van der Waals surface area contributed by atoms with Crippen LogP contribution in [0.25, 0.3) is 0 Å². The largest absolute Gasteiger partial charge is 0.478 e. The zero-order valence-electron chi connectivity index (χ0n) is 8.77. The number of primary amides is 1. The lowest BCUT2D eigenvalue weighted by Crippen LogP contribution is -2.19. The van der Waals surface area contributed by atoms with Gasteiger partial charge in [0.05, 0.1) is 11.3 Å². The maximum absolute atomic E-state index is 13.3. The lowest BCUT2D eigenvalue weighted by molar-refractivity contribution is 0.0697. The first-order valence-electron chi connectivity index (χ1n) is 4.70. The summed E-state index contributed by atoms with van der Waals surface area (Å²) in [5, 5.41) is 11.4. The average molecular weight is 242 g/mol. The van der Waals surface area contributed by atoms with E-state index < -0.39 is 17.9 Å². The van der Waals surface area contributed by atoms with Crippen LogP contribution in [-0.2, 0) is 4.74 Å². The van der Waals surface area contributed by atoms with E-state index in [0.29, 0.717) is 0 Å². The first-order chi connectivity index (χ1) is 8.02. The number of rotatable bonds is 5. The number of hydrogen-bond acceptors (Lipinski definition) is 4. The fraction of sp³-hybridized carbons (Fsp3) is 0.200. The van der Waals surface area contributed by atoms with Crippen LogP contribution in [0.2, 0.25) is 0 Å². The van der Waals surface area contributed by atoms with Crippen molar-refractivity contribution < 1.29 is 23.8 Å². The summed E-state index contributed by atoms with van der Waals surface area (Å²) in [5.41, 5.74) is 4.39. The first-order valence-corrected chi connectivity index (χ1v) is 4.70. The fourth-order valence-corrected chi connectivity index (χ4v) is 1.21. The van der Waals surface area contributed by atoms with Crippen LogP contribution in [0.5, 0.6) is 0 Å². The van der Waals surface area contributed by atoms with Crippen LogP contribution in [0, 0.1) is 5.82 Å². The van der Waals surface area contributed by atoms with Crippen LogP contribution >= 0.6 is 0 Å². The van der Waals surface area contributed by atoms with Crippen molar-refractivity contribution in [3.05, 3.63) is 29.6 Å². The highest BCUT2D eigenvalue weighted by Crippen LogP contribution is 2.19. The minimum absolute atomic E-state index is 0.0597. The third-order valence-electron chi connectivity index (χ3n) is 1.89. The van der Waals surface area contributed by atoms with Gasteiger partial charge in [0.2, 0.25) is 0 Å². The van der Waals surface area contributed by atoms with Crippen LogP contribution in [0.15, 0.2) is 18.2 Å². The van der Waals surface area contributed by atoms with E-state index in [0.717, 1.165) is 6.07 Å². The van der Waals surface area contributed by atoms with E-state index in [1.807, 2.05) is 0 Å². The molecule has 0 saturated heterocycles. The van der Waals surface area contributed by atoms with E-state index >= 15 is 0 Å². The highest BCUT2D eigenvalue weighted by atomic mass is 19.1. The Morgan fingerprint density at radius 3 is 2.76 bits per heavy atom. The number of nitrogens with two attached hydrogens (primary N) is 1. The first kappa shape index (κ1) is 12.8. The summed E-state index contributed by atoms with van der Waals surface area (Å²) in [6.45, 7) is -0.0210. The zero-order chi connectivity index (χ0) is 12.8. The van der Waals surface area contributed by atoms with Crippen molar-refractivity contribution in [1.82, 2.24) is 0 Å². The number of nitrogens with one attached hydrogen (secondary N) is 1. The number of carbonyl (C=O) groups is 2. The number of carboxylic acid groups (broad SMARTS) is 1. The predicted octanol–water partition coefficient (Wildman–Crippen LogP) is 1.03. The van der Waals surface area contributed by atoms with Gasteiger partial charge in [0, 0.05) is 6.54 Å². The maximum Gasteiger partial charge on any atom is 0.404 e. The summed E-state index contributed by atoms with van der Waals surface area (Å²) < 4.78 is 17.7. The summed E-state index contributed by atoms with van der Waals surface area (Å²) in [5.74, 6) is -1.94. The second kappa shape index (κ2) is 5.69. The number of para-hydroxylation sites is 1. The van der Waals surface area contributed by atoms with E-state index in [2.05, 4.69) is 10.1 Å². The van der Waals surface area contributed by atoms with Crippen LogP contribution < -0.4 is 11.1 Å². The summed E-state index contributed by atoms with van der Waals surface area (Å²) >= 11 is 0. The Labute approximate surface area is 96.2 Å². The monoisotopic (exact) mass is 242 g/mol. The van der Waals surface area contributed by atoms with Crippen LogP contribution in [0.1, 0.15) is 10.4 Å². The molecular weight excluding hydrogens is 231 g/mol. The highest BCUT2D eigenvalue weighted by molar-refractivity contribution is 5.94. The Bertz CT molecular complexity index is 436. The molecule has 0 heterocycles. The van der Waals surface area contributed by atoms with Crippen LogP contribution in [-0.4, -0.2) is 30.3 Å². The second-order valence-corrected chi connectivity index (χ2v) is 3.06. The molecule has 0 unspecified atom stereocenters. The molecule has 0 aliphatic rings. The molecule has 0 aliphatic heterocycles. The minimum atomic E-state index is -1.25. The molecule has 92 valence electrons. The van der Waals surface area contributed by atoms with Gasteiger partial charge in [-0.1, -0.05) is 6.07 Å². The third kappa shape index (κ3) is 3.63. The Kier molecular flexibility index (Phi) is 4.27. The molecule has 17 heavy (non-hydrogen) atoms. The molecule has 1 aromatic carbocycles. The van der Waals surface area contributed by atoms with E-state index in [1.54, 1.807) is 0 Å². The smallest absolute Gasteiger partial charge is 0.404 e. The molecule has 4 N–H and O–H groups in total. The number of amides is 1. The summed E-state index contributed by atoms with van der Waals surface area (Å²) in [7, 11) is 0. The van der Waals surface area contributed by atoms with E-state index in [1.165, 1.54) is 12.1 Å². The van der Waals surface area contributed by atoms with Gasteiger partial charge >= 0.3 is 12.1 Å². The van der Waals surface area contributed by atoms with Crippen molar-refractivity contribution in [3.8, 4) is 0 Å². The van der Waals surface area contributed by atoms with Gasteiger partial charge in [0.15, 0.2) is 0 Å². The third-order valence-corrected chi connectivity index (χ3v) is 1.89. The van der Waals surface area contributed by atoms with Gasteiger partial charge in [-0.2, -0.15) is 0 Å². The molecule has 0 radical (unpaired) electrons. The topological polar surface area (TPSA) is 102 Å². The highest BCUT2D eigenvalue weighted by Gasteiger charge is 2.13. The maximum atomic E-state index is 13.3. The molecule has 0 spiro atoms. The molecular formula is C10H11FN2O4. The molecule has 0 fully saturated rings. The van der Waals surface area contributed by atoms with Gasteiger partial charge < -0.3 is 20.9 Å². The molecule has 0 saturated carbocycles. The molecule has 7 heteroatoms. The van der Waals surface area contributed by atoms with Crippen molar-refractivity contribution >= 4 is 17.7 Å². The summed E-state index contributed by atoms with van der Waals surface area (Å²) in [6, 6.07) is 3.69. The fourth-order valence-electron chi connectivity index (χ4n) is 1.21. The van der Waals surface area contributed by atoms with Gasteiger partial charge in [-0.25, -0.2) is 14.0 Å². The quantitative estimate of drug-likeness (QED) is 0.669. The lowest BCUT2D eigenvalue weighted by atomic mass is 10.1. The van der Waals surface area contributed by atoms with E-state index in [4.69, 9.17) is 10.8 Å². The van der Waals surface area contributed by atoms with E-state index in [-0.39, 0.29) is 24.4 Å². The Morgan fingerprint density at radius 2 is 2.18 bits per heavy atom. The van der Waals surface area contributed by atoms with Crippen molar-refractivity contribution in [2.45, 2.75) is 0 Å². The Hall–Kier alpha value is -2.31. The van der Waals surface area contributed by atoms with Crippen LogP contribution in [0.4, 0.5) is 14.9 Å². The number of hydrogen-bond donors (Lipinski definition) is 3. The number of anilines is 1. The molecule has 0 aliphatic carbocycles. The van der Waals surface area contributed by atoms with Gasteiger partial charge in [-0.3, -0.25) is 0 Å². The average Bonchev–Trinajstić information content (AvgIpc) is 2.25. The molecule has 0 bridgehead atoms. The van der Waals surface area contributed by atoms with Gasteiger partial charge in [0.25, 0.3) is 0 Å². The Balaban J connectivity index is 2.69. The summed E-state index contributed by atoms with van der Waals surface area (Å²) in [6.07, 6.45) is -0.946. The zero-order valence-corrected chi connectivity index (χ0v) is 8.77. The van der Waals surface area contributed by atoms with Gasteiger partial charge in [-0.15, -0.1) is 0 Å². The SMILES string of the molecule is NC(=O)OCCNc1c(F)cccc1C(=O)O. The van der Waals surface area contributed by atoms with Crippen molar-refractivity contribution in [3.63, 3.8) is 0 Å². The van der Waals surface area contributed by atoms with Crippen molar-refractivity contribution in [2.24, 2.45) is 5.73 Å². The second-order valence-electron chi connectivity index (χ2n) is 3.06. The number of benzene rings is 1. The van der Waals surface area contributed by atoms with Crippen molar-refractivity contribution in [1.29, 1.82) is 0 Å². The summed E-state index contributed by atoms with van der Waals surface area (Å²) in [4.78, 5) is 21.1. The van der Waals surface area contributed by atoms with Gasteiger partial charge in [-0.05, 0) is 12.1 Å².